The Morgan fingerprint density at radius 3 is 2.71 bits per heavy atom. The van der Waals surface area contributed by atoms with Crippen molar-refractivity contribution in [1.82, 2.24) is 10.3 Å². The number of aromatic nitrogens is 1. The van der Waals surface area contributed by atoms with Crippen LogP contribution in [0.5, 0.6) is 5.75 Å². The predicted molar refractivity (Wildman–Crippen MR) is 108 cm³/mol. The summed E-state index contributed by atoms with van der Waals surface area (Å²) in [5.74, 6) is 1.40. The van der Waals surface area contributed by atoms with Crippen LogP contribution in [-0.4, -0.2) is 18.0 Å². The lowest BCUT2D eigenvalue weighted by Gasteiger charge is -2.18. The zero-order valence-electron chi connectivity index (χ0n) is 15.6. The average Bonchev–Trinajstić information content (AvgIpc) is 3.41. The van der Waals surface area contributed by atoms with Gasteiger partial charge in [-0.2, -0.15) is 0 Å². The number of aromatic amines is 1. The van der Waals surface area contributed by atoms with E-state index in [0.717, 1.165) is 33.5 Å². The average molecular weight is 374 g/mol. The van der Waals surface area contributed by atoms with Crippen LogP contribution in [0.15, 0.2) is 77.5 Å². The minimum Gasteiger partial charge on any atom is -0.496 e. The van der Waals surface area contributed by atoms with Crippen LogP contribution < -0.4 is 10.1 Å². The van der Waals surface area contributed by atoms with Gasteiger partial charge in [0.05, 0.1) is 19.9 Å². The van der Waals surface area contributed by atoms with Gasteiger partial charge in [0.25, 0.3) is 0 Å². The highest BCUT2D eigenvalue weighted by Crippen LogP contribution is 2.37. The van der Waals surface area contributed by atoms with Gasteiger partial charge >= 0.3 is 0 Å². The van der Waals surface area contributed by atoms with E-state index in [2.05, 4.69) is 22.4 Å². The van der Waals surface area contributed by atoms with Crippen molar-refractivity contribution in [2.75, 3.05) is 7.11 Å². The molecule has 0 aliphatic heterocycles. The van der Waals surface area contributed by atoms with E-state index in [9.17, 15) is 4.79 Å². The molecule has 0 radical (unpaired) electrons. The predicted octanol–water partition coefficient (Wildman–Crippen LogP) is 4.61. The second-order valence-corrected chi connectivity index (χ2v) is 6.65. The summed E-state index contributed by atoms with van der Waals surface area (Å²) in [7, 11) is 1.67. The summed E-state index contributed by atoms with van der Waals surface area (Å²) in [4.78, 5) is 16.0. The molecule has 4 rings (SSSR count). The molecular formula is C23H22N2O3. The van der Waals surface area contributed by atoms with E-state index in [1.807, 2.05) is 54.7 Å². The summed E-state index contributed by atoms with van der Waals surface area (Å²) in [6, 6.07) is 19.6. The number of carbonyl (C=O) groups excluding carboxylic acids is 1. The van der Waals surface area contributed by atoms with Crippen molar-refractivity contribution >= 4 is 16.8 Å². The molecule has 1 atom stereocenters. The van der Waals surface area contributed by atoms with Crippen molar-refractivity contribution in [2.45, 2.75) is 18.9 Å². The maximum absolute atomic E-state index is 12.7. The first-order valence-corrected chi connectivity index (χ1v) is 9.24. The van der Waals surface area contributed by atoms with Crippen LogP contribution >= 0.6 is 0 Å². The Kier molecular flexibility index (Phi) is 5.15. The fraction of sp³-hybridized carbons (Fsp3) is 0.174. The first kappa shape index (κ1) is 17.9. The van der Waals surface area contributed by atoms with Crippen molar-refractivity contribution < 1.29 is 13.9 Å². The van der Waals surface area contributed by atoms with Crippen molar-refractivity contribution in [3.63, 3.8) is 0 Å². The van der Waals surface area contributed by atoms with Crippen LogP contribution in [0.4, 0.5) is 0 Å². The maximum Gasteiger partial charge on any atom is 0.221 e. The van der Waals surface area contributed by atoms with Gasteiger partial charge in [0.2, 0.25) is 5.91 Å². The fourth-order valence-corrected chi connectivity index (χ4v) is 3.57. The summed E-state index contributed by atoms with van der Waals surface area (Å²) in [5.41, 5.74) is 3.13. The number of nitrogens with one attached hydrogen (secondary N) is 2. The molecule has 28 heavy (non-hydrogen) atoms. The van der Waals surface area contributed by atoms with Crippen LogP contribution in [0.3, 0.4) is 0 Å². The highest BCUT2D eigenvalue weighted by molar-refractivity contribution is 5.91. The molecule has 2 heterocycles. The van der Waals surface area contributed by atoms with E-state index >= 15 is 0 Å². The first-order chi connectivity index (χ1) is 13.8. The van der Waals surface area contributed by atoms with Gasteiger partial charge in [-0.05, 0) is 35.4 Å². The van der Waals surface area contributed by atoms with Gasteiger partial charge in [-0.3, -0.25) is 4.79 Å². The summed E-state index contributed by atoms with van der Waals surface area (Å²) in [6.45, 7) is 0.380. The van der Waals surface area contributed by atoms with Gasteiger partial charge in [-0.15, -0.1) is 0 Å². The van der Waals surface area contributed by atoms with Crippen LogP contribution in [0, 0.1) is 0 Å². The molecule has 0 unspecified atom stereocenters. The molecule has 5 heteroatoms. The number of H-pyrrole nitrogens is 1. The second-order valence-electron chi connectivity index (χ2n) is 6.65. The SMILES string of the molecule is COc1cccc2[nH]cc([C@@H](CC(=O)NCc3ccco3)c3ccccc3)c12. The van der Waals surface area contributed by atoms with Gasteiger partial charge < -0.3 is 19.5 Å². The summed E-state index contributed by atoms with van der Waals surface area (Å²) in [6.07, 6.45) is 3.91. The molecule has 0 saturated carbocycles. The molecule has 0 fully saturated rings. The number of amides is 1. The van der Waals surface area contributed by atoms with Crippen molar-refractivity contribution in [3.05, 3.63) is 90.0 Å². The number of ether oxygens (including phenoxy) is 1. The number of benzene rings is 2. The number of hydrogen-bond donors (Lipinski definition) is 2. The highest BCUT2D eigenvalue weighted by atomic mass is 16.5. The lowest BCUT2D eigenvalue weighted by atomic mass is 9.88. The molecule has 2 aromatic carbocycles. The number of furan rings is 1. The molecule has 1 amide bonds. The zero-order chi connectivity index (χ0) is 19.3. The quantitative estimate of drug-likeness (QED) is 0.496. The first-order valence-electron chi connectivity index (χ1n) is 9.24. The third-order valence-electron chi connectivity index (χ3n) is 4.92. The molecule has 2 aromatic heterocycles. The number of methoxy groups -OCH3 is 1. The molecule has 0 bridgehead atoms. The van der Waals surface area contributed by atoms with Gasteiger partial charge in [-0.1, -0.05) is 36.4 Å². The number of fused-ring (bicyclic) bond motifs is 1. The largest absolute Gasteiger partial charge is 0.496 e. The topological polar surface area (TPSA) is 67.3 Å². The van der Waals surface area contributed by atoms with Crippen LogP contribution in [0.1, 0.15) is 29.2 Å². The lowest BCUT2D eigenvalue weighted by molar-refractivity contribution is -0.121. The van der Waals surface area contributed by atoms with E-state index in [0.29, 0.717) is 13.0 Å². The minimum atomic E-state index is -0.0946. The lowest BCUT2D eigenvalue weighted by Crippen LogP contribution is -2.24. The molecule has 142 valence electrons. The van der Waals surface area contributed by atoms with Crippen molar-refractivity contribution in [3.8, 4) is 5.75 Å². The standard InChI is InChI=1S/C23H22N2O3/c1-27-21-11-5-10-20-23(21)19(15-24-20)18(16-7-3-2-4-8-16)13-22(26)25-14-17-9-6-12-28-17/h2-12,15,18,24H,13-14H2,1H3,(H,25,26)/t18-/m0/s1. The zero-order valence-corrected chi connectivity index (χ0v) is 15.6. The highest BCUT2D eigenvalue weighted by Gasteiger charge is 2.23. The van der Waals surface area contributed by atoms with Gasteiger partial charge in [0, 0.05) is 29.4 Å². The van der Waals surface area contributed by atoms with E-state index < -0.39 is 0 Å². The normalized spacial score (nSPS) is 12.0. The van der Waals surface area contributed by atoms with Crippen LogP contribution in [0.25, 0.3) is 10.9 Å². The Morgan fingerprint density at radius 2 is 1.96 bits per heavy atom. The van der Waals surface area contributed by atoms with Crippen molar-refractivity contribution in [2.24, 2.45) is 0 Å². The number of rotatable bonds is 7. The van der Waals surface area contributed by atoms with Crippen LogP contribution in [0.2, 0.25) is 0 Å². The Balaban J connectivity index is 1.66. The van der Waals surface area contributed by atoms with Crippen molar-refractivity contribution in [1.29, 1.82) is 0 Å². The fourth-order valence-electron chi connectivity index (χ4n) is 3.57. The molecule has 5 nitrogen and oxygen atoms in total. The monoisotopic (exact) mass is 374 g/mol. The third-order valence-corrected chi connectivity index (χ3v) is 4.92. The van der Waals surface area contributed by atoms with Gasteiger partial charge in [-0.25, -0.2) is 0 Å². The molecular weight excluding hydrogens is 352 g/mol. The summed E-state index contributed by atoms with van der Waals surface area (Å²) >= 11 is 0. The third kappa shape index (κ3) is 3.64. The Hall–Kier alpha value is -3.47. The number of hydrogen-bond acceptors (Lipinski definition) is 3. The van der Waals surface area contributed by atoms with Crippen LogP contribution in [-0.2, 0) is 11.3 Å². The van der Waals surface area contributed by atoms with E-state index in [1.165, 1.54) is 0 Å². The smallest absolute Gasteiger partial charge is 0.221 e. The van der Waals surface area contributed by atoms with E-state index in [1.54, 1.807) is 13.4 Å². The maximum atomic E-state index is 12.7. The second kappa shape index (κ2) is 8.05. The molecule has 4 aromatic rings. The van der Waals surface area contributed by atoms with Gasteiger partial charge in [0.15, 0.2) is 0 Å². The van der Waals surface area contributed by atoms with E-state index in [4.69, 9.17) is 9.15 Å². The summed E-state index contributed by atoms with van der Waals surface area (Å²) in [5, 5.41) is 3.96. The summed E-state index contributed by atoms with van der Waals surface area (Å²) < 4.78 is 10.9. The molecule has 0 saturated heterocycles. The Labute approximate surface area is 163 Å². The Morgan fingerprint density at radius 1 is 1.11 bits per heavy atom. The van der Waals surface area contributed by atoms with E-state index in [-0.39, 0.29) is 11.8 Å². The molecule has 0 aliphatic carbocycles. The number of carbonyl (C=O) groups is 1. The minimum absolute atomic E-state index is 0.0329. The molecule has 0 spiro atoms. The Bertz CT molecular complexity index is 1050. The molecule has 2 N–H and O–H groups in total. The molecule has 0 aliphatic rings. The van der Waals surface area contributed by atoms with Gasteiger partial charge in [0.1, 0.15) is 11.5 Å².